The zero-order chi connectivity index (χ0) is 17.5. The van der Waals surface area contributed by atoms with Crippen LogP contribution >= 0.6 is 11.6 Å². The fourth-order valence-corrected chi connectivity index (χ4v) is 2.44. The zero-order valence-electron chi connectivity index (χ0n) is 14.2. The number of hydrogen-bond donors (Lipinski definition) is 2. The Morgan fingerprint density at radius 2 is 2.00 bits per heavy atom. The highest BCUT2D eigenvalue weighted by Gasteiger charge is 2.21. The van der Waals surface area contributed by atoms with E-state index in [0.717, 1.165) is 19.3 Å². The number of hydrogen-bond acceptors (Lipinski definition) is 4. The Labute approximate surface area is 142 Å². The van der Waals surface area contributed by atoms with Crippen molar-refractivity contribution in [3.63, 3.8) is 0 Å². The lowest BCUT2D eigenvalue weighted by atomic mass is 9.87. The van der Waals surface area contributed by atoms with Gasteiger partial charge in [-0.15, -0.1) is 0 Å². The predicted molar refractivity (Wildman–Crippen MR) is 90.9 cm³/mol. The summed E-state index contributed by atoms with van der Waals surface area (Å²) >= 11 is 5.86. The third-order valence-electron chi connectivity index (χ3n) is 3.75. The van der Waals surface area contributed by atoms with Crippen molar-refractivity contribution in [3.8, 4) is 5.75 Å². The minimum atomic E-state index is -0.329. The van der Waals surface area contributed by atoms with Gasteiger partial charge in [0.1, 0.15) is 5.75 Å². The van der Waals surface area contributed by atoms with Crippen LogP contribution in [0.1, 0.15) is 43.5 Å². The van der Waals surface area contributed by atoms with Gasteiger partial charge in [-0.3, -0.25) is 4.79 Å². The van der Waals surface area contributed by atoms with Crippen LogP contribution in [0.25, 0.3) is 0 Å². The van der Waals surface area contributed by atoms with Crippen molar-refractivity contribution >= 4 is 17.5 Å². The molecule has 0 unspecified atom stereocenters. The average Bonchev–Trinajstić information content (AvgIpc) is 2.51. The van der Waals surface area contributed by atoms with E-state index in [1.165, 1.54) is 12.1 Å². The standard InChI is InChI=1S/C17H26ClNO4/c1-17(2,9-5-6-15(22-3)23-4)11-19-16(21)13-10-12(18)7-8-14(13)20/h7-8,10,15,20H,5-6,9,11H2,1-4H3,(H,19,21). The molecule has 0 aliphatic rings. The van der Waals surface area contributed by atoms with E-state index in [1.807, 2.05) is 0 Å². The topological polar surface area (TPSA) is 67.8 Å². The van der Waals surface area contributed by atoms with Crippen molar-refractivity contribution in [2.45, 2.75) is 39.4 Å². The Balaban J connectivity index is 2.48. The summed E-state index contributed by atoms with van der Waals surface area (Å²) in [5.41, 5.74) is 0.114. The SMILES string of the molecule is COC(CCCC(C)(C)CNC(=O)c1cc(Cl)ccc1O)OC. The van der Waals surface area contributed by atoms with Gasteiger partial charge in [-0.25, -0.2) is 0 Å². The number of phenols is 1. The van der Waals surface area contributed by atoms with Gasteiger partial charge in [0, 0.05) is 25.8 Å². The van der Waals surface area contributed by atoms with Gasteiger partial charge < -0.3 is 19.9 Å². The molecule has 130 valence electrons. The van der Waals surface area contributed by atoms with Gasteiger partial charge in [0.15, 0.2) is 6.29 Å². The quantitative estimate of drug-likeness (QED) is 0.672. The second-order valence-electron chi connectivity index (χ2n) is 6.30. The molecule has 0 aliphatic heterocycles. The van der Waals surface area contributed by atoms with E-state index in [1.54, 1.807) is 20.3 Å². The maximum atomic E-state index is 12.2. The van der Waals surface area contributed by atoms with Crippen LogP contribution in [0.15, 0.2) is 18.2 Å². The maximum Gasteiger partial charge on any atom is 0.255 e. The minimum Gasteiger partial charge on any atom is -0.507 e. The van der Waals surface area contributed by atoms with Gasteiger partial charge in [0.25, 0.3) is 5.91 Å². The van der Waals surface area contributed by atoms with Crippen LogP contribution in [-0.2, 0) is 9.47 Å². The number of methoxy groups -OCH3 is 2. The molecule has 0 aliphatic carbocycles. The van der Waals surface area contributed by atoms with Crippen LogP contribution in [0, 0.1) is 5.41 Å². The average molecular weight is 344 g/mol. The second kappa shape index (κ2) is 9.11. The summed E-state index contributed by atoms with van der Waals surface area (Å²) in [6.07, 6.45) is 2.46. The van der Waals surface area contributed by atoms with E-state index >= 15 is 0 Å². The number of ether oxygens (including phenoxy) is 2. The van der Waals surface area contributed by atoms with Crippen LogP contribution < -0.4 is 5.32 Å². The molecule has 0 aromatic heterocycles. The lowest BCUT2D eigenvalue weighted by molar-refractivity contribution is -0.107. The monoisotopic (exact) mass is 343 g/mol. The van der Waals surface area contributed by atoms with Crippen LogP contribution in [0.2, 0.25) is 5.02 Å². The van der Waals surface area contributed by atoms with E-state index in [-0.39, 0.29) is 28.9 Å². The van der Waals surface area contributed by atoms with E-state index in [9.17, 15) is 9.90 Å². The fourth-order valence-electron chi connectivity index (χ4n) is 2.27. The number of aromatic hydroxyl groups is 1. The number of amides is 1. The third kappa shape index (κ3) is 6.77. The molecule has 0 bridgehead atoms. The molecular weight excluding hydrogens is 318 g/mol. The molecular formula is C17H26ClNO4. The first-order valence-corrected chi connectivity index (χ1v) is 7.99. The number of phenolic OH excluding ortho intramolecular Hbond substituents is 1. The molecule has 0 spiro atoms. The molecule has 0 fully saturated rings. The van der Waals surface area contributed by atoms with Crippen LogP contribution in [0.3, 0.4) is 0 Å². The van der Waals surface area contributed by atoms with Crippen molar-refractivity contribution in [2.75, 3.05) is 20.8 Å². The molecule has 1 aromatic carbocycles. The van der Waals surface area contributed by atoms with Gasteiger partial charge in [-0.2, -0.15) is 0 Å². The highest BCUT2D eigenvalue weighted by atomic mass is 35.5. The van der Waals surface area contributed by atoms with Crippen molar-refractivity contribution in [2.24, 2.45) is 5.41 Å². The molecule has 1 amide bonds. The molecule has 0 saturated carbocycles. The van der Waals surface area contributed by atoms with Gasteiger partial charge >= 0.3 is 0 Å². The summed E-state index contributed by atoms with van der Waals surface area (Å²) in [4.78, 5) is 12.2. The molecule has 5 nitrogen and oxygen atoms in total. The second-order valence-corrected chi connectivity index (χ2v) is 6.74. The van der Waals surface area contributed by atoms with Crippen molar-refractivity contribution in [1.82, 2.24) is 5.32 Å². The number of halogens is 1. The molecule has 1 aromatic rings. The summed E-state index contributed by atoms with van der Waals surface area (Å²) < 4.78 is 10.3. The Morgan fingerprint density at radius 3 is 2.61 bits per heavy atom. The first kappa shape index (κ1) is 19.7. The lowest BCUT2D eigenvalue weighted by Gasteiger charge is -2.26. The largest absolute Gasteiger partial charge is 0.507 e. The van der Waals surface area contributed by atoms with Crippen LogP contribution in [0.4, 0.5) is 0 Å². The van der Waals surface area contributed by atoms with Gasteiger partial charge in [0.2, 0.25) is 0 Å². The lowest BCUT2D eigenvalue weighted by Crippen LogP contribution is -2.34. The Hall–Kier alpha value is -1.30. The number of benzene rings is 1. The van der Waals surface area contributed by atoms with Crippen molar-refractivity contribution in [3.05, 3.63) is 28.8 Å². The van der Waals surface area contributed by atoms with Gasteiger partial charge in [-0.05, 0) is 42.9 Å². The zero-order valence-corrected chi connectivity index (χ0v) is 14.9. The van der Waals surface area contributed by atoms with Crippen molar-refractivity contribution in [1.29, 1.82) is 0 Å². The highest BCUT2D eigenvalue weighted by molar-refractivity contribution is 6.31. The number of nitrogens with one attached hydrogen (secondary N) is 1. The number of rotatable bonds is 9. The highest BCUT2D eigenvalue weighted by Crippen LogP contribution is 2.25. The first-order valence-electron chi connectivity index (χ1n) is 7.61. The molecule has 0 heterocycles. The Bertz CT molecular complexity index is 515. The van der Waals surface area contributed by atoms with Crippen LogP contribution in [-0.4, -0.2) is 38.1 Å². The molecule has 0 atom stereocenters. The van der Waals surface area contributed by atoms with Crippen molar-refractivity contribution < 1.29 is 19.4 Å². The maximum absolute atomic E-state index is 12.2. The molecule has 23 heavy (non-hydrogen) atoms. The summed E-state index contributed by atoms with van der Waals surface area (Å²) in [5, 5.41) is 13.0. The number of carbonyl (C=O) groups is 1. The molecule has 2 N–H and O–H groups in total. The van der Waals surface area contributed by atoms with E-state index in [0.29, 0.717) is 11.6 Å². The Kier molecular flexibility index (Phi) is 7.82. The van der Waals surface area contributed by atoms with E-state index < -0.39 is 0 Å². The van der Waals surface area contributed by atoms with E-state index in [4.69, 9.17) is 21.1 Å². The molecule has 0 radical (unpaired) electrons. The summed E-state index contributed by atoms with van der Waals surface area (Å²) in [7, 11) is 3.24. The third-order valence-corrected chi connectivity index (χ3v) is 3.98. The normalized spacial score (nSPS) is 11.7. The molecule has 0 saturated heterocycles. The minimum absolute atomic E-state index is 0.0735. The fraction of sp³-hybridized carbons (Fsp3) is 0.588. The Morgan fingerprint density at radius 1 is 1.35 bits per heavy atom. The smallest absolute Gasteiger partial charge is 0.255 e. The summed E-state index contributed by atoms with van der Waals surface area (Å²) in [5.74, 6) is -0.405. The predicted octanol–water partition coefficient (Wildman–Crippen LogP) is 3.59. The molecule has 1 rings (SSSR count). The molecule has 6 heteroatoms. The van der Waals surface area contributed by atoms with Gasteiger partial charge in [-0.1, -0.05) is 25.4 Å². The number of carbonyl (C=O) groups excluding carboxylic acids is 1. The summed E-state index contributed by atoms with van der Waals surface area (Å²) in [6.45, 7) is 4.67. The van der Waals surface area contributed by atoms with E-state index in [2.05, 4.69) is 19.2 Å². The summed E-state index contributed by atoms with van der Waals surface area (Å²) in [6, 6.07) is 4.42. The van der Waals surface area contributed by atoms with Crippen LogP contribution in [0.5, 0.6) is 5.75 Å². The van der Waals surface area contributed by atoms with Gasteiger partial charge in [0.05, 0.1) is 5.56 Å². The first-order chi connectivity index (χ1) is 10.8.